The Morgan fingerprint density at radius 3 is 2.41 bits per heavy atom. The van der Waals surface area contributed by atoms with Gasteiger partial charge in [-0.1, -0.05) is 48.0 Å². The molecule has 3 aromatic rings. The lowest BCUT2D eigenvalue weighted by Crippen LogP contribution is -2.32. The van der Waals surface area contributed by atoms with Gasteiger partial charge in [-0.25, -0.2) is 0 Å². The van der Waals surface area contributed by atoms with Gasteiger partial charge in [-0.05, 0) is 47.9 Å². The van der Waals surface area contributed by atoms with Crippen molar-refractivity contribution < 1.29 is 19.4 Å². The highest BCUT2D eigenvalue weighted by molar-refractivity contribution is 6.30. The van der Waals surface area contributed by atoms with Crippen LogP contribution >= 0.6 is 11.6 Å². The zero-order valence-electron chi connectivity index (χ0n) is 18.2. The molecule has 0 aliphatic carbocycles. The number of hydrogen-bond acceptors (Lipinski definition) is 4. The number of hydrogen-bond donors (Lipinski definition) is 2. The molecule has 0 saturated carbocycles. The lowest BCUT2D eigenvalue weighted by molar-refractivity contribution is 0.0950. The van der Waals surface area contributed by atoms with Crippen LogP contribution in [0, 0.1) is 0 Å². The van der Waals surface area contributed by atoms with E-state index in [1.807, 2.05) is 54.6 Å². The summed E-state index contributed by atoms with van der Waals surface area (Å²) >= 11 is 6.01. The van der Waals surface area contributed by atoms with Gasteiger partial charge < -0.3 is 19.9 Å². The van der Waals surface area contributed by atoms with E-state index in [0.717, 1.165) is 22.3 Å². The molecule has 6 heteroatoms. The van der Waals surface area contributed by atoms with E-state index in [4.69, 9.17) is 26.2 Å². The first-order valence-corrected chi connectivity index (χ1v) is 10.9. The van der Waals surface area contributed by atoms with E-state index >= 15 is 0 Å². The molecule has 0 fully saturated rings. The van der Waals surface area contributed by atoms with Crippen molar-refractivity contribution in [1.29, 1.82) is 0 Å². The summed E-state index contributed by atoms with van der Waals surface area (Å²) in [5.74, 6) is 1.07. The fourth-order valence-electron chi connectivity index (χ4n) is 4.05. The SMILES string of the molecule is COc1cc(C(=O)NCc2ccc(CO)cc2)cc2c1OC(C)(Cc1ccc(Cl)cc1)C2. The van der Waals surface area contributed by atoms with Gasteiger partial charge in [0.1, 0.15) is 5.60 Å². The van der Waals surface area contributed by atoms with Crippen molar-refractivity contribution in [3.05, 3.63) is 93.5 Å². The van der Waals surface area contributed by atoms with Crippen LogP contribution in [-0.4, -0.2) is 23.7 Å². The molecule has 4 rings (SSSR count). The summed E-state index contributed by atoms with van der Waals surface area (Å²) in [5, 5.41) is 12.8. The molecule has 32 heavy (non-hydrogen) atoms. The Morgan fingerprint density at radius 1 is 1.09 bits per heavy atom. The van der Waals surface area contributed by atoms with E-state index in [0.29, 0.717) is 41.5 Å². The van der Waals surface area contributed by atoms with E-state index < -0.39 is 5.60 Å². The first-order chi connectivity index (χ1) is 15.4. The zero-order chi connectivity index (χ0) is 22.7. The van der Waals surface area contributed by atoms with Gasteiger partial charge in [-0.2, -0.15) is 0 Å². The summed E-state index contributed by atoms with van der Waals surface area (Å²) < 4.78 is 11.9. The number of carbonyl (C=O) groups is 1. The number of rotatable bonds is 7. The van der Waals surface area contributed by atoms with Gasteiger partial charge in [-0.3, -0.25) is 4.79 Å². The van der Waals surface area contributed by atoms with Crippen molar-refractivity contribution in [2.24, 2.45) is 0 Å². The predicted molar refractivity (Wildman–Crippen MR) is 124 cm³/mol. The normalized spacial score (nSPS) is 16.9. The Bertz CT molecular complexity index is 1110. The average Bonchev–Trinajstić information content (AvgIpc) is 3.14. The average molecular weight is 452 g/mol. The van der Waals surface area contributed by atoms with E-state index in [1.54, 1.807) is 13.2 Å². The van der Waals surface area contributed by atoms with Crippen molar-refractivity contribution in [1.82, 2.24) is 5.32 Å². The molecule has 1 aliphatic heterocycles. The highest BCUT2D eigenvalue weighted by Crippen LogP contribution is 2.44. The van der Waals surface area contributed by atoms with E-state index in [9.17, 15) is 4.79 Å². The van der Waals surface area contributed by atoms with Crippen LogP contribution in [0.25, 0.3) is 0 Å². The Hall–Kier alpha value is -3.02. The maximum atomic E-state index is 12.8. The van der Waals surface area contributed by atoms with Crippen LogP contribution in [0.1, 0.15) is 39.5 Å². The zero-order valence-corrected chi connectivity index (χ0v) is 18.9. The third-order valence-corrected chi connectivity index (χ3v) is 5.93. The number of ether oxygens (including phenoxy) is 2. The second kappa shape index (κ2) is 9.23. The summed E-state index contributed by atoms with van der Waals surface area (Å²) in [5.41, 5.74) is 3.99. The van der Waals surface area contributed by atoms with Gasteiger partial charge in [0.15, 0.2) is 11.5 Å². The largest absolute Gasteiger partial charge is 0.493 e. The molecular weight excluding hydrogens is 426 g/mol. The number of aliphatic hydroxyl groups is 1. The Morgan fingerprint density at radius 2 is 1.75 bits per heavy atom. The van der Waals surface area contributed by atoms with Gasteiger partial charge in [-0.15, -0.1) is 0 Å². The summed E-state index contributed by atoms with van der Waals surface area (Å²) in [4.78, 5) is 12.8. The minimum Gasteiger partial charge on any atom is -0.493 e. The molecule has 3 aromatic carbocycles. The first-order valence-electron chi connectivity index (χ1n) is 10.5. The van der Waals surface area contributed by atoms with Crippen LogP contribution in [0.3, 0.4) is 0 Å². The monoisotopic (exact) mass is 451 g/mol. The Kier molecular flexibility index (Phi) is 6.40. The number of carbonyl (C=O) groups excluding carboxylic acids is 1. The maximum absolute atomic E-state index is 12.8. The molecule has 1 atom stereocenters. The van der Waals surface area contributed by atoms with Crippen LogP contribution < -0.4 is 14.8 Å². The summed E-state index contributed by atoms with van der Waals surface area (Å²) in [7, 11) is 1.58. The second-order valence-electron chi connectivity index (χ2n) is 8.36. The molecule has 1 amide bonds. The van der Waals surface area contributed by atoms with Gasteiger partial charge in [0, 0.05) is 35.5 Å². The number of halogens is 1. The lowest BCUT2D eigenvalue weighted by Gasteiger charge is -2.24. The molecule has 1 unspecified atom stereocenters. The van der Waals surface area contributed by atoms with Crippen LogP contribution in [0.5, 0.6) is 11.5 Å². The second-order valence-corrected chi connectivity index (χ2v) is 8.79. The summed E-state index contributed by atoms with van der Waals surface area (Å²) in [6.45, 7) is 2.46. The third-order valence-electron chi connectivity index (χ3n) is 5.68. The van der Waals surface area contributed by atoms with Crippen molar-refractivity contribution in [3.63, 3.8) is 0 Å². The fraction of sp³-hybridized carbons (Fsp3) is 0.269. The van der Waals surface area contributed by atoms with Crippen molar-refractivity contribution in [2.75, 3.05) is 7.11 Å². The van der Waals surface area contributed by atoms with Gasteiger partial charge >= 0.3 is 0 Å². The predicted octanol–water partition coefficient (Wildman–Crippen LogP) is 4.71. The molecule has 1 heterocycles. The van der Waals surface area contributed by atoms with E-state index in [2.05, 4.69) is 12.2 Å². The van der Waals surface area contributed by atoms with Crippen molar-refractivity contribution >= 4 is 17.5 Å². The smallest absolute Gasteiger partial charge is 0.251 e. The van der Waals surface area contributed by atoms with Crippen LogP contribution in [0.2, 0.25) is 5.02 Å². The van der Waals surface area contributed by atoms with Gasteiger partial charge in [0.05, 0.1) is 13.7 Å². The molecule has 0 bridgehead atoms. The molecular formula is C26H26ClNO4. The number of fused-ring (bicyclic) bond motifs is 1. The van der Waals surface area contributed by atoms with Gasteiger partial charge in [0.2, 0.25) is 0 Å². The molecule has 0 spiro atoms. The Labute approximate surface area is 192 Å². The first kappa shape index (κ1) is 22.2. The number of benzene rings is 3. The minimum atomic E-state index is -0.438. The quantitative estimate of drug-likeness (QED) is 0.546. The number of aliphatic hydroxyl groups excluding tert-OH is 1. The standard InChI is InChI=1S/C26H26ClNO4/c1-26(13-17-7-9-22(27)10-8-17)14-21-11-20(12-23(31-2)24(21)32-26)25(30)28-15-18-3-5-19(16-29)6-4-18/h3-12,29H,13-16H2,1-2H3,(H,28,30). The van der Waals surface area contributed by atoms with Gasteiger partial charge in [0.25, 0.3) is 5.91 Å². The molecule has 166 valence electrons. The Balaban J connectivity index is 1.49. The number of nitrogens with one attached hydrogen (secondary N) is 1. The molecule has 0 saturated heterocycles. The van der Waals surface area contributed by atoms with E-state index in [-0.39, 0.29) is 12.5 Å². The molecule has 0 aromatic heterocycles. The maximum Gasteiger partial charge on any atom is 0.251 e. The topological polar surface area (TPSA) is 67.8 Å². The van der Waals surface area contributed by atoms with Crippen molar-refractivity contribution in [2.45, 2.75) is 38.5 Å². The highest BCUT2D eigenvalue weighted by Gasteiger charge is 2.37. The molecule has 2 N–H and O–H groups in total. The van der Waals surface area contributed by atoms with Crippen LogP contribution in [0.15, 0.2) is 60.7 Å². The summed E-state index contributed by atoms with van der Waals surface area (Å²) in [6.07, 6.45) is 1.39. The fourth-order valence-corrected chi connectivity index (χ4v) is 4.18. The molecule has 1 aliphatic rings. The lowest BCUT2D eigenvalue weighted by atomic mass is 9.91. The van der Waals surface area contributed by atoms with Crippen molar-refractivity contribution in [3.8, 4) is 11.5 Å². The van der Waals surface area contributed by atoms with Crippen LogP contribution in [-0.2, 0) is 26.0 Å². The summed E-state index contributed by atoms with van der Waals surface area (Å²) in [6, 6.07) is 18.8. The van der Waals surface area contributed by atoms with E-state index in [1.165, 1.54) is 0 Å². The number of amides is 1. The molecule has 5 nitrogen and oxygen atoms in total. The number of methoxy groups -OCH3 is 1. The third kappa shape index (κ3) is 4.90. The minimum absolute atomic E-state index is 0.000564. The molecule has 0 radical (unpaired) electrons. The van der Waals surface area contributed by atoms with Crippen LogP contribution in [0.4, 0.5) is 0 Å². The highest BCUT2D eigenvalue weighted by atomic mass is 35.5.